The normalized spacial score (nSPS) is 10.7. The number of esters is 1. The molecule has 1 aromatic carbocycles. The zero-order valence-electron chi connectivity index (χ0n) is 14.1. The number of hydrogen-bond acceptors (Lipinski definition) is 3. The van der Waals surface area contributed by atoms with E-state index in [-0.39, 0.29) is 5.97 Å². The fourth-order valence-electron chi connectivity index (χ4n) is 2.13. The van der Waals surface area contributed by atoms with Gasteiger partial charge in [0.15, 0.2) is 5.11 Å². The third-order valence-electron chi connectivity index (χ3n) is 3.02. The molecule has 1 N–H and O–H groups in total. The highest BCUT2D eigenvalue weighted by Gasteiger charge is 2.13. The minimum atomic E-state index is -0.338. The second kappa shape index (κ2) is 8.73. The number of carbonyl (C=O) groups is 1. The quantitative estimate of drug-likeness (QED) is 0.637. The molecule has 0 amide bonds. The van der Waals surface area contributed by atoms with E-state index in [0.29, 0.717) is 22.5 Å². The van der Waals surface area contributed by atoms with E-state index in [2.05, 4.69) is 42.6 Å². The molecule has 0 heterocycles. The highest BCUT2D eigenvalue weighted by atomic mass is 32.1. The zero-order valence-corrected chi connectivity index (χ0v) is 14.9. The Bertz CT molecular complexity index is 488. The lowest BCUT2D eigenvalue weighted by Gasteiger charge is -2.29. The summed E-state index contributed by atoms with van der Waals surface area (Å²) >= 11 is 5.52. The average Bonchev–Trinajstić information content (AvgIpc) is 2.45. The van der Waals surface area contributed by atoms with Gasteiger partial charge >= 0.3 is 5.97 Å². The molecule has 0 aliphatic rings. The average molecular weight is 322 g/mol. The molecule has 0 aliphatic heterocycles. The van der Waals surface area contributed by atoms with E-state index < -0.39 is 0 Å². The number of nitrogens with one attached hydrogen (secondary N) is 1. The SMILES string of the molecule is COC(=O)c1ccc(NC(=S)N(CC(C)C)CC(C)C)cc1. The first-order valence-electron chi connectivity index (χ1n) is 7.57. The maximum Gasteiger partial charge on any atom is 0.337 e. The van der Waals surface area contributed by atoms with Crippen molar-refractivity contribution < 1.29 is 9.53 Å². The van der Waals surface area contributed by atoms with Crippen LogP contribution < -0.4 is 5.32 Å². The van der Waals surface area contributed by atoms with E-state index in [0.717, 1.165) is 18.8 Å². The molecule has 122 valence electrons. The number of rotatable bonds is 6. The Morgan fingerprint density at radius 2 is 1.64 bits per heavy atom. The predicted octanol–water partition coefficient (Wildman–Crippen LogP) is 3.78. The third-order valence-corrected chi connectivity index (χ3v) is 3.38. The van der Waals surface area contributed by atoms with Crippen molar-refractivity contribution in [3.63, 3.8) is 0 Å². The molecular formula is C17H26N2O2S. The standard InChI is InChI=1S/C17H26N2O2S/c1-12(2)10-19(11-13(3)4)17(22)18-15-8-6-14(7-9-15)16(20)21-5/h6-9,12-13H,10-11H2,1-5H3,(H,18,22). The maximum absolute atomic E-state index is 11.4. The van der Waals surface area contributed by atoms with Crippen molar-refractivity contribution in [2.75, 3.05) is 25.5 Å². The van der Waals surface area contributed by atoms with Crippen molar-refractivity contribution in [2.45, 2.75) is 27.7 Å². The Labute approximate surface area is 138 Å². The summed E-state index contributed by atoms with van der Waals surface area (Å²) in [6.45, 7) is 10.6. The Hall–Kier alpha value is -1.62. The Kier molecular flexibility index (Phi) is 7.32. The van der Waals surface area contributed by atoms with E-state index in [1.54, 1.807) is 12.1 Å². The van der Waals surface area contributed by atoms with E-state index in [9.17, 15) is 4.79 Å². The van der Waals surface area contributed by atoms with Crippen molar-refractivity contribution >= 4 is 29.0 Å². The lowest BCUT2D eigenvalue weighted by molar-refractivity contribution is 0.0601. The first-order valence-corrected chi connectivity index (χ1v) is 7.98. The van der Waals surface area contributed by atoms with Crippen LogP contribution in [0.25, 0.3) is 0 Å². The molecule has 0 spiro atoms. The van der Waals surface area contributed by atoms with Crippen LogP contribution in [0.5, 0.6) is 0 Å². The van der Waals surface area contributed by atoms with Gasteiger partial charge < -0.3 is 15.0 Å². The van der Waals surface area contributed by atoms with Crippen LogP contribution in [-0.2, 0) is 4.74 Å². The first kappa shape index (κ1) is 18.4. The minimum absolute atomic E-state index is 0.338. The van der Waals surface area contributed by atoms with E-state index in [1.165, 1.54) is 7.11 Å². The van der Waals surface area contributed by atoms with Crippen LogP contribution in [0.15, 0.2) is 24.3 Å². The second-order valence-electron chi connectivity index (χ2n) is 6.19. The summed E-state index contributed by atoms with van der Waals surface area (Å²) in [6, 6.07) is 7.13. The number of thiocarbonyl (C=S) groups is 1. The van der Waals surface area contributed by atoms with Crippen LogP contribution in [0.3, 0.4) is 0 Å². The smallest absolute Gasteiger partial charge is 0.337 e. The summed E-state index contributed by atoms with van der Waals surface area (Å²) in [4.78, 5) is 13.6. The molecule has 0 saturated heterocycles. The number of ether oxygens (including phenoxy) is 1. The van der Waals surface area contributed by atoms with Gasteiger partial charge in [-0.1, -0.05) is 27.7 Å². The molecule has 0 saturated carbocycles. The summed E-state index contributed by atoms with van der Waals surface area (Å²) < 4.78 is 4.69. The molecule has 5 heteroatoms. The summed E-state index contributed by atoms with van der Waals surface area (Å²) in [7, 11) is 1.37. The minimum Gasteiger partial charge on any atom is -0.465 e. The van der Waals surface area contributed by atoms with Gasteiger partial charge in [0.2, 0.25) is 0 Å². The number of anilines is 1. The number of benzene rings is 1. The van der Waals surface area contributed by atoms with E-state index in [1.807, 2.05) is 12.1 Å². The number of hydrogen-bond donors (Lipinski definition) is 1. The molecule has 0 aliphatic carbocycles. The Morgan fingerprint density at radius 3 is 2.05 bits per heavy atom. The van der Waals surface area contributed by atoms with Gasteiger partial charge in [0.05, 0.1) is 12.7 Å². The fraction of sp³-hybridized carbons (Fsp3) is 0.529. The van der Waals surface area contributed by atoms with Gasteiger partial charge in [0.25, 0.3) is 0 Å². The van der Waals surface area contributed by atoms with Crippen LogP contribution in [0.1, 0.15) is 38.1 Å². The Morgan fingerprint density at radius 1 is 1.14 bits per heavy atom. The van der Waals surface area contributed by atoms with Crippen molar-refractivity contribution in [2.24, 2.45) is 11.8 Å². The molecule has 4 nitrogen and oxygen atoms in total. The van der Waals surface area contributed by atoms with Crippen LogP contribution >= 0.6 is 12.2 Å². The van der Waals surface area contributed by atoms with E-state index in [4.69, 9.17) is 12.2 Å². The topological polar surface area (TPSA) is 41.6 Å². The summed E-state index contributed by atoms with van der Waals surface area (Å²) in [5.74, 6) is 0.746. The molecular weight excluding hydrogens is 296 g/mol. The van der Waals surface area contributed by atoms with Crippen LogP contribution in [0.4, 0.5) is 5.69 Å². The van der Waals surface area contributed by atoms with E-state index >= 15 is 0 Å². The summed E-state index contributed by atoms with van der Waals surface area (Å²) in [6.07, 6.45) is 0. The molecule has 0 unspecified atom stereocenters. The van der Waals surface area contributed by atoms with Crippen molar-refractivity contribution in [3.05, 3.63) is 29.8 Å². The fourth-order valence-corrected chi connectivity index (χ4v) is 2.40. The highest BCUT2D eigenvalue weighted by Crippen LogP contribution is 2.13. The van der Waals surface area contributed by atoms with Crippen molar-refractivity contribution in [3.8, 4) is 0 Å². The van der Waals surface area contributed by atoms with Crippen molar-refractivity contribution in [1.29, 1.82) is 0 Å². The van der Waals surface area contributed by atoms with Crippen LogP contribution in [0.2, 0.25) is 0 Å². The number of nitrogens with zero attached hydrogens (tertiary/aromatic N) is 1. The van der Waals surface area contributed by atoms with Crippen LogP contribution in [0, 0.1) is 11.8 Å². The largest absolute Gasteiger partial charge is 0.465 e. The predicted molar refractivity (Wildman–Crippen MR) is 95.3 cm³/mol. The monoisotopic (exact) mass is 322 g/mol. The van der Waals surface area contributed by atoms with Crippen LogP contribution in [-0.4, -0.2) is 36.2 Å². The van der Waals surface area contributed by atoms with Gasteiger partial charge in [-0.05, 0) is 48.3 Å². The third kappa shape index (κ3) is 6.02. The number of methoxy groups -OCH3 is 1. The van der Waals surface area contributed by atoms with Crippen molar-refractivity contribution in [1.82, 2.24) is 4.90 Å². The van der Waals surface area contributed by atoms with Gasteiger partial charge in [-0.3, -0.25) is 0 Å². The lowest BCUT2D eigenvalue weighted by Crippen LogP contribution is -2.39. The summed E-state index contributed by atoms with van der Waals surface area (Å²) in [5, 5.41) is 3.96. The molecule has 0 radical (unpaired) electrons. The van der Waals surface area contributed by atoms with Gasteiger partial charge in [-0.15, -0.1) is 0 Å². The maximum atomic E-state index is 11.4. The first-order chi connectivity index (χ1) is 10.3. The number of carbonyl (C=O) groups excluding carboxylic acids is 1. The molecule has 0 bridgehead atoms. The molecule has 0 atom stereocenters. The molecule has 0 fully saturated rings. The lowest BCUT2D eigenvalue weighted by atomic mass is 10.1. The van der Waals surface area contributed by atoms with Gasteiger partial charge in [0, 0.05) is 18.8 Å². The second-order valence-corrected chi connectivity index (χ2v) is 6.58. The molecule has 1 rings (SSSR count). The molecule has 1 aromatic rings. The molecule has 22 heavy (non-hydrogen) atoms. The van der Waals surface area contributed by atoms with Gasteiger partial charge in [-0.2, -0.15) is 0 Å². The highest BCUT2D eigenvalue weighted by molar-refractivity contribution is 7.80. The zero-order chi connectivity index (χ0) is 16.7. The van der Waals surface area contributed by atoms with Gasteiger partial charge in [0.1, 0.15) is 0 Å². The molecule has 0 aromatic heterocycles. The summed E-state index contributed by atoms with van der Waals surface area (Å²) in [5.41, 5.74) is 1.40. The van der Waals surface area contributed by atoms with Gasteiger partial charge in [-0.25, -0.2) is 4.79 Å². The Balaban J connectivity index is 2.73.